The Morgan fingerprint density at radius 1 is 1.08 bits per heavy atom. The lowest BCUT2D eigenvalue weighted by Crippen LogP contribution is -2.32. The number of anilines is 1. The van der Waals surface area contributed by atoms with Crippen LogP contribution in [0.4, 0.5) is 10.1 Å². The van der Waals surface area contributed by atoms with Crippen molar-refractivity contribution < 1.29 is 23.5 Å². The maximum Gasteiger partial charge on any atom is 0.329 e. The zero-order valence-electron chi connectivity index (χ0n) is 12.3. The maximum atomic E-state index is 13.0. The van der Waals surface area contributed by atoms with Crippen molar-refractivity contribution in [3.05, 3.63) is 53.8 Å². The highest BCUT2D eigenvalue weighted by molar-refractivity contribution is 6.39. The average Bonchev–Trinajstić information content (AvgIpc) is 3.02. The van der Waals surface area contributed by atoms with E-state index < -0.39 is 17.6 Å². The Labute approximate surface area is 136 Å². The van der Waals surface area contributed by atoms with E-state index in [1.165, 1.54) is 24.4 Å². The van der Waals surface area contributed by atoms with E-state index >= 15 is 0 Å². The van der Waals surface area contributed by atoms with Gasteiger partial charge in [0.2, 0.25) is 6.79 Å². The zero-order chi connectivity index (χ0) is 16.9. The van der Waals surface area contributed by atoms with Gasteiger partial charge in [0.05, 0.1) is 6.21 Å². The average molecular weight is 329 g/mol. The Kier molecular flexibility index (Phi) is 4.37. The Morgan fingerprint density at radius 2 is 1.92 bits per heavy atom. The third kappa shape index (κ3) is 3.67. The Hall–Kier alpha value is -3.42. The van der Waals surface area contributed by atoms with Gasteiger partial charge in [-0.05, 0) is 42.0 Å². The number of carbonyl (C=O) groups is 2. The van der Waals surface area contributed by atoms with Crippen molar-refractivity contribution in [2.45, 2.75) is 0 Å². The molecule has 122 valence electrons. The second-order valence-electron chi connectivity index (χ2n) is 4.78. The predicted octanol–water partition coefficient (Wildman–Crippen LogP) is 1.64. The van der Waals surface area contributed by atoms with Crippen LogP contribution in [0.15, 0.2) is 47.6 Å². The molecule has 0 spiro atoms. The molecule has 1 aliphatic rings. The second-order valence-corrected chi connectivity index (χ2v) is 4.78. The summed E-state index contributed by atoms with van der Waals surface area (Å²) >= 11 is 0. The maximum absolute atomic E-state index is 13.0. The van der Waals surface area contributed by atoms with Crippen molar-refractivity contribution in [3.63, 3.8) is 0 Å². The largest absolute Gasteiger partial charge is 0.454 e. The summed E-state index contributed by atoms with van der Waals surface area (Å²) in [4.78, 5) is 23.3. The number of nitrogens with one attached hydrogen (secondary N) is 2. The van der Waals surface area contributed by atoms with E-state index in [0.717, 1.165) is 6.07 Å². The van der Waals surface area contributed by atoms with Gasteiger partial charge >= 0.3 is 11.8 Å². The van der Waals surface area contributed by atoms with E-state index in [4.69, 9.17) is 9.47 Å². The van der Waals surface area contributed by atoms with Crippen LogP contribution in [0, 0.1) is 5.82 Å². The number of ether oxygens (including phenoxy) is 2. The van der Waals surface area contributed by atoms with Gasteiger partial charge in [-0.1, -0.05) is 6.07 Å². The lowest BCUT2D eigenvalue weighted by Gasteiger charge is -2.03. The summed E-state index contributed by atoms with van der Waals surface area (Å²) in [6, 6.07) is 10.3. The van der Waals surface area contributed by atoms with Crippen LogP contribution in [-0.4, -0.2) is 24.8 Å². The van der Waals surface area contributed by atoms with Crippen LogP contribution in [0.1, 0.15) is 5.56 Å². The predicted molar refractivity (Wildman–Crippen MR) is 83.3 cm³/mol. The Balaban J connectivity index is 1.55. The van der Waals surface area contributed by atoms with Gasteiger partial charge in [-0.3, -0.25) is 9.59 Å². The van der Waals surface area contributed by atoms with Gasteiger partial charge in [-0.2, -0.15) is 5.10 Å². The number of carbonyl (C=O) groups excluding carboxylic acids is 2. The van der Waals surface area contributed by atoms with E-state index in [-0.39, 0.29) is 12.5 Å². The molecule has 2 N–H and O–H groups in total. The van der Waals surface area contributed by atoms with Gasteiger partial charge in [-0.15, -0.1) is 0 Å². The smallest absolute Gasteiger partial charge is 0.329 e. The van der Waals surface area contributed by atoms with Crippen LogP contribution in [0.5, 0.6) is 11.5 Å². The van der Waals surface area contributed by atoms with Crippen molar-refractivity contribution in [1.29, 1.82) is 0 Å². The van der Waals surface area contributed by atoms with Crippen molar-refractivity contribution in [2.75, 3.05) is 12.1 Å². The summed E-state index contributed by atoms with van der Waals surface area (Å²) in [6.07, 6.45) is 1.36. The van der Waals surface area contributed by atoms with Gasteiger partial charge in [0.1, 0.15) is 5.82 Å². The standard InChI is InChI=1S/C16H12FN3O4/c17-11-2-1-3-12(7-11)19-15(21)16(22)20-18-8-10-4-5-13-14(6-10)24-9-23-13/h1-8H,9H2,(H,19,21)(H,20,22)/b18-8-. The number of benzene rings is 2. The summed E-state index contributed by atoms with van der Waals surface area (Å²) < 4.78 is 23.4. The third-order valence-electron chi connectivity index (χ3n) is 3.07. The summed E-state index contributed by atoms with van der Waals surface area (Å²) in [6.45, 7) is 0.160. The molecule has 0 radical (unpaired) electrons. The molecule has 0 atom stereocenters. The minimum atomic E-state index is -0.976. The van der Waals surface area contributed by atoms with Gasteiger partial charge in [0.15, 0.2) is 11.5 Å². The van der Waals surface area contributed by atoms with E-state index in [1.54, 1.807) is 18.2 Å². The molecule has 0 fully saturated rings. The van der Waals surface area contributed by atoms with Crippen molar-refractivity contribution in [3.8, 4) is 11.5 Å². The van der Waals surface area contributed by atoms with E-state index in [1.807, 2.05) is 0 Å². The van der Waals surface area contributed by atoms with Gasteiger partial charge in [0, 0.05) is 5.69 Å². The molecular weight excluding hydrogens is 317 g/mol. The van der Waals surface area contributed by atoms with Crippen molar-refractivity contribution in [1.82, 2.24) is 5.43 Å². The number of hydrogen-bond acceptors (Lipinski definition) is 5. The van der Waals surface area contributed by atoms with E-state index in [2.05, 4.69) is 15.8 Å². The van der Waals surface area contributed by atoms with Crippen LogP contribution < -0.4 is 20.2 Å². The lowest BCUT2D eigenvalue weighted by atomic mass is 10.2. The minimum absolute atomic E-state index is 0.160. The molecule has 0 aliphatic carbocycles. The molecule has 8 heteroatoms. The van der Waals surface area contributed by atoms with E-state index in [9.17, 15) is 14.0 Å². The molecule has 1 aliphatic heterocycles. The molecule has 7 nitrogen and oxygen atoms in total. The van der Waals surface area contributed by atoms with Crippen molar-refractivity contribution in [2.24, 2.45) is 5.10 Å². The fraction of sp³-hybridized carbons (Fsp3) is 0.0625. The van der Waals surface area contributed by atoms with Gasteiger partial charge in [-0.25, -0.2) is 9.82 Å². The first kappa shape index (κ1) is 15.5. The summed E-state index contributed by atoms with van der Waals surface area (Å²) in [5.74, 6) is -1.24. The molecule has 2 aromatic rings. The topological polar surface area (TPSA) is 89.0 Å². The van der Waals surface area contributed by atoms with E-state index in [0.29, 0.717) is 17.1 Å². The highest BCUT2D eigenvalue weighted by atomic mass is 19.1. The molecule has 1 heterocycles. The van der Waals surface area contributed by atoms with Gasteiger partial charge < -0.3 is 14.8 Å². The first-order valence-electron chi connectivity index (χ1n) is 6.91. The normalized spacial score (nSPS) is 12.2. The number of halogens is 1. The highest BCUT2D eigenvalue weighted by Gasteiger charge is 2.14. The van der Waals surface area contributed by atoms with Crippen LogP contribution in [0.3, 0.4) is 0 Å². The number of amides is 2. The second kappa shape index (κ2) is 6.78. The molecule has 2 aromatic carbocycles. The highest BCUT2D eigenvalue weighted by Crippen LogP contribution is 2.31. The number of rotatable bonds is 3. The SMILES string of the molecule is O=C(N/N=C\c1ccc2c(c1)OCO2)C(=O)Nc1cccc(F)c1. The van der Waals surface area contributed by atoms with Crippen molar-refractivity contribution >= 4 is 23.7 Å². The first-order chi connectivity index (χ1) is 11.6. The summed E-state index contributed by atoms with van der Waals surface area (Å²) in [5.41, 5.74) is 2.92. The van der Waals surface area contributed by atoms with Crippen LogP contribution >= 0.6 is 0 Å². The Morgan fingerprint density at radius 3 is 2.75 bits per heavy atom. The molecule has 0 bridgehead atoms. The third-order valence-corrected chi connectivity index (χ3v) is 3.07. The lowest BCUT2D eigenvalue weighted by molar-refractivity contribution is -0.136. The zero-order valence-corrected chi connectivity index (χ0v) is 12.3. The number of hydrogen-bond donors (Lipinski definition) is 2. The van der Waals surface area contributed by atoms with Crippen LogP contribution in [0.2, 0.25) is 0 Å². The molecule has 0 unspecified atom stereocenters. The molecule has 0 saturated carbocycles. The van der Waals surface area contributed by atoms with Crippen LogP contribution in [0.25, 0.3) is 0 Å². The summed E-state index contributed by atoms with van der Waals surface area (Å²) in [7, 11) is 0. The molecule has 3 rings (SSSR count). The molecule has 2 amide bonds. The Bertz CT molecular complexity index is 823. The minimum Gasteiger partial charge on any atom is -0.454 e. The van der Waals surface area contributed by atoms with Crippen LogP contribution in [-0.2, 0) is 9.59 Å². The fourth-order valence-corrected chi connectivity index (χ4v) is 1.96. The molecule has 24 heavy (non-hydrogen) atoms. The number of hydrazone groups is 1. The number of nitrogens with zero attached hydrogens (tertiary/aromatic N) is 1. The molecule has 0 aromatic heterocycles. The monoisotopic (exact) mass is 329 g/mol. The molecule has 0 saturated heterocycles. The first-order valence-corrected chi connectivity index (χ1v) is 6.91. The number of fused-ring (bicyclic) bond motifs is 1. The quantitative estimate of drug-likeness (QED) is 0.509. The fourth-order valence-electron chi connectivity index (χ4n) is 1.96. The summed E-state index contributed by atoms with van der Waals surface area (Å²) in [5, 5.41) is 5.96. The molecular formula is C16H12FN3O4. The van der Waals surface area contributed by atoms with Gasteiger partial charge in [0.25, 0.3) is 0 Å².